The maximum atomic E-state index is 12.9. The van der Waals surface area contributed by atoms with Crippen LogP contribution in [0.4, 0.5) is 0 Å². The monoisotopic (exact) mass is 1080 g/mol. The first-order valence-electron chi connectivity index (χ1n) is 33.2. The van der Waals surface area contributed by atoms with Crippen LogP contribution in [0.2, 0.25) is 0 Å². The summed E-state index contributed by atoms with van der Waals surface area (Å²) in [5, 5.41) is 0. The van der Waals surface area contributed by atoms with E-state index < -0.39 is 6.10 Å². The van der Waals surface area contributed by atoms with E-state index in [2.05, 4.69) is 118 Å². The average Bonchev–Trinajstić information content (AvgIpc) is 3.44. The van der Waals surface area contributed by atoms with Gasteiger partial charge in [0.05, 0.1) is 0 Å². The van der Waals surface area contributed by atoms with E-state index in [4.69, 9.17) is 14.2 Å². The molecule has 0 saturated carbocycles. The molecule has 0 aliphatic carbocycles. The molecule has 0 heterocycles. The predicted octanol–water partition coefficient (Wildman–Crippen LogP) is 22.8. The number of ether oxygens (including phenoxy) is 3. The largest absolute Gasteiger partial charge is 0.462 e. The second kappa shape index (κ2) is 65.8. The summed E-state index contributed by atoms with van der Waals surface area (Å²) >= 11 is 0. The first kappa shape index (κ1) is 74.3. The molecule has 0 radical (unpaired) electrons. The van der Waals surface area contributed by atoms with Crippen molar-refractivity contribution in [3.63, 3.8) is 0 Å². The van der Waals surface area contributed by atoms with Gasteiger partial charge in [-0.25, -0.2) is 0 Å². The van der Waals surface area contributed by atoms with E-state index in [1.54, 1.807) is 0 Å². The fraction of sp³-hybridized carbons (Fsp3) is 0.736. The Morgan fingerprint density at radius 1 is 0.269 bits per heavy atom. The van der Waals surface area contributed by atoms with Gasteiger partial charge in [0.1, 0.15) is 13.2 Å². The van der Waals surface area contributed by atoms with Crippen molar-refractivity contribution in [3.8, 4) is 0 Å². The Labute approximate surface area is 483 Å². The van der Waals surface area contributed by atoms with Gasteiger partial charge in [-0.1, -0.05) is 304 Å². The van der Waals surface area contributed by atoms with E-state index in [1.807, 2.05) is 0 Å². The lowest BCUT2D eigenvalue weighted by atomic mass is 10.0. The fourth-order valence-electron chi connectivity index (χ4n) is 9.37. The molecule has 0 rings (SSSR count). The Hall–Kier alpha value is -3.67. The van der Waals surface area contributed by atoms with Crippen LogP contribution < -0.4 is 0 Å². The van der Waals surface area contributed by atoms with E-state index in [0.717, 1.165) is 89.9 Å². The van der Waals surface area contributed by atoms with Crippen molar-refractivity contribution in [2.75, 3.05) is 13.2 Å². The molecule has 1 atom stereocenters. The molecule has 0 saturated heterocycles. The van der Waals surface area contributed by atoms with Gasteiger partial charge in [-0.05, 0) is 96.3 Å². The summed E-state index contributed by atoms with van der Waals surface area (Å²) in [4.78, 5) is 38.2. The minimum Gasteiger partial charge on any atom is -0.462 e. The highest BCUT2D eigenvalue weighted by molar-refractivity contribution is 5.71. The maximum absolute atomic E-state index is 12.9. The first-order chi connectivity index (χ1) is 38.5. The number of rotatable bonds is 60. The van der Waals surface area contributed by atoms with Crippen molar-refractivity contribution in [3.05, 3.63) is 97.2 Å². The van der Waals surface area contributed by atoms with E-state index in [0.29, 0.717) is 19.3 Å². The van der Waals surface area contributed by atoms with Crippen LogP contribution >= 0.6 is 0 Å². The van der Waals surface area contributed by atoms with Crippen LogP contribution in [-0.4, -0.2) is 37.2 Å². The highest BCUT2D eigenvalue weighted by Gasteiger charge is 2.19. The van der Waals surface area contributed by atoms with Gasteiger partial charge in [0.25, 0.3) is 0 Å². The van der Waals surface area contributed by atoms with Crippen LogP contribution in [0.3, 0.4) is 0 Å². The summed E-state index contributed by atoms with van der Waals surface area (Å²) in [5.41, 5.74) is 0. The summed E-state index contributed by atoms with van der Waals surface area (Å²) < 4.78 is 16.9. The molecule has 0 aromatic rings. The van der Waals surface area contributed by atoms with Gasteiger partial charge in [-0.3, -0.25) is 14.4 Å². The number of hydrogen-bond donors (Lipinski definition) is 0. The minimum absolute atomic E-state index is 0.0968. The van der Waals surface area contributed by atoms with Gasteiger partial charge in [-0.2, -0.15) is 0 Å². The molecule has 6 nitrogen and oxygen atoms in total. The van der Waals surface area contributed by atoms with Crippen molar-refractivity contribution in [2.45, 2.75) is 329 Å². The Morgan fingerprint density at radius 3 is 0.821 bits per heavy atom. The molecule has 0 aromatic heterocycles. The lowest BCUT2D eigenvalue weighted by Gasteiger charge is -2.18. The van der Waals surface area contributed by atoms with Crippen molar-refractivity contribution in [1.29, 1.82) is 0 Å². The van der Waals surface area contributed by atoms with Crippen LogP contribution in [0.1, 0.15) is 323 Å². The molecule has 448 valence electrons. The van der Waals surface area contributed by atoms with Gasteiger partial charge in [-0.15, -0.1) is 0 Å². The lowest BCUT2D eigenvalue weighted by molar-refractivity contribution is -0.167. The van der Waals surface area contributed by atoms with E-state index in [9.17, 15) is 14.4 Å². The third-order valence-corrected chi connectivity index (χ3v) is 14.3. The summed E-state index contributed by atoms with van der Waals surface area (Å²) in [6.07, 6.45) is 88.7. The SMILES string of the molecule is CC/C=C\C/C=C\C/C=C\C/C=C\C/C=C\CCCC(=O)OC(COC(=O)CCCCCCCCCCCCCC)COC(=O)CCCCCCCCCCCCCCCCCC/C=C\C/C=C\C/C=C\CCCCCCC. The van der Waals surface area contributed by atoms with Crippen molar-refractivity contribution >= 4 is 17.9 Å². The normalized spacial score (nSPS) is 12.7. The number of hydrogen-bond acceptors (Lipinski definition) is 6. The molecule has 6 heteroatoms. The molecule has 78 heavy (non-hydrogen) atoms. The summed E-state index contributed by atoms with van der Waals surface area (Å²) in [7, 11) is 0. The highest BCUT2D eigenvalue weighted by Crippen LogP contribution is 2.17. The number of unbranched alkanes of at least 4 members (excludes halogenated alkanes) is 33. The molecule has 1 unspecified atom stereocenters. The zero-order chi connectivity index (χ0) is 56.4. The number of esters is 3. The van der Waals surface area contributed by atoms with E-state index in [1.165, 1.54) is 186 Å². The van der Waals surface area contributed by atoms with Crippen molar-refractivity contribution in [2.24, 2.45) is 0 Å². The lowest BCUT2D eigenvalue weighted by Crippen LogP contribution is -2.30. The number of carbonyl (C=O) groups excluding carboxylic acids is 3. The van der Waals surface area contributed by atoms with Gasteiger partial charge >= 0.3 is 17.9 Å². The number of allylic oxidation sites excluding steroid dienone is 16. The Bertz CT molecular complexity index is 1530. The van der Waals surface area contributed by atoms with E-state index >= 15 is 0 Å². The Morgan fingerprint density at radius 2 is 0.513 bits per heavy atom. The van der Waals surface area contributed by atoms with Crippen LogP contribution in [0, 0.1) is 0 Å². The van der Waals surface area contributed by atoms with Crippen LogP contribution in [0.5, 0.6) is 0 Å². The van der Waals surface area contributed by atoms with Gasteiger partial charge < -0.3 is 14.2 Å². The average molecular weight is 1090 g/mol. The van der Waals surface area contributed by atoms with Gasteiger partial charge in [0.15, 0.2) is 6.10 Å². The van der Waals surface area contributed by atoms with Crippen LogP contribution in [0.15, 0.2) is 97.2 Å². The second-order valence-electron chi connectivity index (χ2n) is 22.0. The summed E-state index contributed by atoms with van der Waals surface area (Å²) in [6, 6.07) is 0. The fourth-order valence-corrected chi connectivity index (χ4v) is 9.37. The molecule has 0 spiro atoms. The molecule has 0 aliphatic rings. The summed E-state index contributed by atoms with van der Waals surface area (Å²) in [5.74, 6) is -0.945. The molecular weight excluding hydrogens is 961 g/mol. The third-order valence-electron chi connectivity index (χ3n) is 14.3. The first-order valence-corrected chi connectivity index (χ1v) is 33.2. The topological polar surface area (TPSA) is 78.9 Å². The molecule has 0 fully saturated rings. The maximum Gasteiger partial charge on any atom is 0.306 e. The van der Waals surface area contributed by atoms with E-state index in [-0.39, 0.29) is 37.5 Å². The molecule has 0 aromatic carbocycles. The van der Waals surface area contributed by atoms with Crippen molar-refractivity contribution in [1.82, 2.24) is 0 Å². The zero-order valence-electron chi connectivity index (χ0n) is 51.4. The van der Waals surface area contributed by atoms with Crippen LogP contribution in [0.25, 0.3) is 0 Å². The molecule has 0 aliphatic heterocycles. The predicted molar refractivity (Wildman–Crippen MR) is 339 cm³/mol. The minimum atomic E-state index is -0.806. The molecule has 0 amide bonds. The quantitative estimate of drug-likeness (QED) is 0.0261. The molecule has 0 N–H and O–H groups in total. The molecular formula is C72H124O6. The zero-order valence-corrected chi connectivity index (χ0v) is 51.4. The van der Waals surface area contributed by atoms with Crippen LogP contribution in [-0.2, 0) is 28.6 Å². The Balaban J connectivity index is 4.23. The Kier molecular flexibility index (Phi) is 62.7. The summed E-state index contributed by atoms with van der Waals surface area (Å²) in [6.45, 7) is 6.49. The van der Waals surface area contributed by atoms with Gasteiger partial charge in [0, 0.05) is 19.3 Å². The smallest absolute Gasteiger partial charge is 0.306 e. The van der Waals surface area contributed by atoms with Gasteiger partial charge in [0.2, 0.25) is 0 Å². The van der Waals surface area contributed by atoms with Crippen molar-refractivity contribution < 1.29 is 28.6 Å². The standard InChI is InChI=1S/C72H124O6/c1-4-7-10-13-16-19-22-25-27-29-30-31-32-33-34-35-36-37-38-39-40-41-42-44-45-47-50-53-56-59-62-65-71(74)77-68-69(67-76-70(73)64-61-58-55-52-49-24-21-18-15-12-9-6-3)78-72(75)66-63-60-57-54-51-48-46-43-28-26-23-20-17-14-11-8-5-2/h8,11,17,20,22,25-26,28-30,32-33,46,48,54,57,69H,4-7,9-10,12-16,18-19,21,23-24,27,31,34-45,47,49-53,55-56,58-68H2,1-3H3/b11-8-,20-17-,25-22-,28-26-,30-29-,33-32-,48-46-,57-54-. The molecule has 0 bridgehead atoms. The second-order valence-corrected chi connectivity index (χ2v) is 22.0. The number of carbonyl (C=O) groups is 3. The third kappa shape index (κ3) is 63.2. The highest BCUT2D eigenvalue weighted by atomic mass is 16.6.